The van der Waals surface area contributed by atoms with E-state index in [4.69, 9.17) is 0 Å². The Balaban J connectivity index is 2.63. The van der Waals surface area contributed by atoms with Crippen molar-refractivity contribution in [2.24, 2.45) is 0 Å². The van der Waals surface area contributed by atoms with Crippen LogP contribution in [0.4, 0.5) is 5.69 Å². The van der Waals surface area contributed by atoms with Gasteiger partial charge in [-0.15, -0.1) is 0 Å². The van der Waals surface area contributed by atoms with Crippen molar-refractivity contribution in [3.8, 4) is 0 Å². The number of hydrogen-bond donors (Lipinski definition) is 2. The second-order valence-corrected chi connectivity index (χ2v) is 4.44. The lowest BCUT2D eigenvalue weighted by molar-refractivity contribution is -0.116. The lowest BCUT2D eigenvalue weighted by Gasteiger charge is -2.12. The molecule has 0 atom stereocenters. The fraction of sp³-hybridized carbons (Fsp3) is 0.500. The maximum atomic E-state index is 11.7. The maximum absolute atomic E-state index is 11.7. The normalized spacial score (nSPS) is 10.4. The molecule has 0 aliphatic heterocycles. The Morgan fingerprint density at radius 1 is 1.18 bits per heavy atom. The largest absolute Gasteiger partial charge is 0.326 e. The fourth-order valence-electron chi connectivity index (χ4n) is 1.73. The second-order valence-electron chi connectivity index (χ2n) is 4.44. The third-order valence-corrected chi connectivity index (χ3v) is 3.16. The van der Waals surface area contributed by atoms with Crippen molar-refractivity contribution in [2.45, 2.75) is 33.6 Å². The van der Waals surface area contributed by atoms with Crippen LogP contribution in [0.5, 0.6) is 0 Å². The van der Waals surface area contributed by atoms with Crippen molar-refractivity contribution < 1.29 is 4.79 Å². The van der Waals surface area contributed by atoms with E-state index in [-0.39, 0.29) is 5.91 Å². The van der Waals surface area contributed by atoms with Gasteiger partial charge in [-0.05, 0) is 63.5 Å². The number of anilines is 1. The van der Waals surface area contributed by atoms with E-state index in [2.05, 4.69) is 24.5 Å². The molecule has 0 heterocycles. The summed E-state index contributed by atoms with van der Waals surface area (Å²) in [5, 5.41) is 6.01. The molecule has 0 aliphatic rings. The number of hydrogen-bond acceptors (Lipinski definition) is 2. The van der Waals surface area contributed by atoms with Gasteiger partial charge in [-0.1, -0.05) is 6.07 Å². The van der Waals surface area contributed by atoms with Gasteiger partial charge in [0.25, 0.3) is 0 Å². The van der Waals surface area contributed by atoms with Crippen LogP contribution < -0.4 is 10.6 Å². The Morgan fingerprint density at radius 3 is 2.53 bits per heavy atom. The molecule has 0 saturated heterocycles. The molecule has 3 heteroatoms. The van der Waals surface area contributed by atoms with E-state index in [9.17, 15) is 4.79 Å². The van der Waals surface area contributed by atoms with Gasteiger partial charge in [0.05, 0.1) is 0 Å². The van der Waals surface area contributed by atoms with Crippen molar-refractivity contribution in [2.75, 3.05) is 18.9 Å². The van der Waals surface area contributed by atoms with Gasteiger partial charge in [-0.2, -0.15) is 0 Å². The van der Waals surface area contributed by atoms with Crippen LogP contribution in [-0.4, -0.2) is 19.5 Å². The average molecular weight is 234 g/mol. The highest BCUT2D eigenvalue weighted by atomic mass is 16.1. The molecule has 1 amide bonds. The molecule has 0 fully saturated rings. The van der Waals surface area contributed by atoms with Crippen LogP contribution in [0.1, 0.15) is 29.5 Å². The summed E-state index contributed by atoms with van der Waals surface area (Å²) in [4.78, 5) is 11.7. The number of carbonyl (C=O) groups is 1. The van der Waals surface area contributed by atoms with Crippen LogP contribution in [0.3, 0.4) is 0 Å². The van der Waals surface area contributed by atoms with E-state index in [1.165, 1.54) is 11.1 Å². The Kier molecular flexibility index (Phi) is 5.16. The van der Waals surface area contributed by atoms with Crippen molar-refractivity contribution in [1.29, 1.82) is 0 Å². The third kappa shape index (κ3) is 3.86. The molecular formula is C14H22N2O. The quantitative estimate of drug-likeness (QED) is 0.769. The standard InChI is InChI=1S/C14H22N2O/c1-10-7-8-13(12(3)11(10)2)16-14(17)6-5-9-15-4/h7-8,15H,5-6,9H2,1-4H3,(H,16,17). The van der Waals surface area contributed by atoms with Crippen molar-refractivity contribution in [1.82, 2.24) is 5.32 Å². The van der Waals surface area contributed by atoms with Gasteiger partial charge in [0.2, 0.25) is 5.91 Å². The van der Waals surface area contributed by atoms with Gasteiger partial charge in [0.1, 0.15) is 0 Å². The van der Waals surface area contributed by atoms with Crippen LogP contribution in [0.15, 0.2) is 12.1 Å². The van der Waals surface area contributed by atoms with Gasteiger partial charge in [0, 0.05) is 12.1 Å². The smallest absolute Gasteiger partial charge is 0.224 e. The van der Waals surface area contributed by atoms with Crippen LogP contribution in [0.25, 0.3) is 0 Å². The lowest BCUT2D eigenvalue weighted by Crippen LogP contribution is -2.16. The summed E-state index contributed by atoms with van der Waals surface area (Å²) in [5.41, 5.74) is 4.60. The Labute approximate surface area is 104 Å². The molecule has 1 aromatic carbocycles. The van der Waals surface area contributed by atoms with Crippen molar-refractivity contribution in [3.63, 3.8) is 0 Å². The zero-order valence-electron chi connectivity index (χ0n) is 11.2. The highest BCUT2D eigenvalue weighted by Crippen LogP contribution is 2.21. The van der Waals surface area contributed by atoms with E-state index in [0.717, 1.165) is 24.2 Å². The summed E-state index contributed by atoms with van der Waals surface area (Å²) in [6, 6.07) is 4.03. The predicted octanol–water partition coefficient (Wildman–Crippen LogP) is 2.55. The molecule has 0 unspecified atom stereocenters. The van der Waals surface area contributed by atoms with E-state index in [1.54, 1.807) is 0 Å². The van der Waals surface area contributed by atoms with E-state index >= 15 is 0 Å². The summed E-state index contributed by atoms with van der Waals surface area (Å²) < 4.78 is 0. The number of rotatable bonds is 5. The summed E-state index contributed by atoms with van der Waals surface area (Å²) >= 11 is 0. The molecule has 0 saturated carbocycles. The van der Waals surface area contributed by atoms with Gasteiger partial charge < -0.3 is 10.6 Å². The first-order valence-electron chi connectivity index (χ1n) is 6.07. The summed E-state index contributed by atoms with van der Waals surface area (Å²) in [6.07, 6.45) is 1.43. The molecule has 94 valence electrons. The fourth-order valence-corrected chi connectivity index (χ4v) is 1.73. The van der Waals surface area contributed by atoms with Crippen LogP contribution >= 0.6 is 0 Å². The minimum atomic E-state index is 0.0894. The molecular weight excluding hydrogens is 212 g/mol. The molecule has 3 nitrogen and oxygen atoms in total. The molecule has 0 aliphatic carbocycles. The SMILES string of the molecule is CNCCCC(=O)Nc1ccc(C)c(C)c1C. The van der Waals surface area contributed by atoms with Gasteiger partial charge >= 0.3 is 0 Å². The molecule has 0 radical (unpaired) electrons. The van der Waals surface area contributed by atoms with E-state index in [1.807, 2.05) is 26.1 Å². The molecule has 0 aromatic heterocycles. The van der Waals surface area contributed by atoms with Crippen LogP contribution in [-0.2, 0) is 4.79 Å². The predicted molar refractivity (Wildman–Crippen MR) is 72.4 cm³/mol. The van der Waals surface area contributed by atoms with Crippen LogP contribution in [0, 0.1) is 20.8 Å². The number of benzene rings is 1. The van der Waals surface area contributed by atoms with Crippen molar-refractivity contribution >= 4 is 11.6 Å². The second kappa shape index (κ2) is 6.40. The Bertz CT molecular complexity index is 399. The molecule has 17 heavy (non-hydrogen) atoms. The maximum Gasteiger partial charge on any atom is 0.224 e. The number of nitrogens with one attached hydrogen (secondary N) is 2. The Hall–Kier alpha value is -1.35. The topological polar surface area (TPSA) is 41.1 Å². The number of aryl methyl sites for hydroxylation is 1. The highest BCUT2D eigenvalue weighted by molar-refractivity contribution is 5.91. The Morgan fingerprint density at radius 2 is 1.88 bits per heavy atom. The molecule has 1 aromatic rings. The van der Waals surface area contributed by atoms with Gasteiger partial charge in [0.15, 0.2) is 0 Å². The lowest BCUT2D eigenvalue weighted by atomic mass is 10.0. The van der Waals surface area contributed by atoms with Crippen LogP contribution in [0.2, 0.25) is 0 Å². The minimum absolute atomic E-state index is 0.0894. The van der Waals surface area contributed by atoms with E-state index in [0.29, 0.717) is 6.42 Å². The zero-order chi connectivity index (χ0) is 12.8. The summed E-state index contributed by atoms with van der Waals surface area (Å²) in [6.45, 7) is 7.09. The van der Waals surface area contributed by atoms with Gasteiger partial charge in [-0.3, -0.25) is 4.79 Å². The summed E-state index contributed by atoms with van der Waals surface area (Å²) in [5.74, 6) is 0.0894. The number of carbonyl (C=O) groups excluding carboxylic acids is 1. The molecule has 2 N–H and O–H groups in total. The first kappa shape index (κ1) is 13.7. The molecule has 0 bridgehead atoms. The zero-order valence-corrected chi connectivity index (χ0v) is 11.2. The third-order valence-electron chi connectivity index (χ3n) is 3.16. The molecule has 0 spiro atoms. The minimum Gasteiger partial charge on any atom is -0.326 e. The first-order chi connectivity index (χ1) is 8.06. The van der Waals surface area contributed by atoms with E-state index < -0.39 is 0 Å². The monoisotopic (exact) mass is 234 g/mol. The summed E-state index contributed by atoms with van der Waals surface area (Å²) in [7, 11) is 1.89. The van der Waals surface area contributed by atoms with Gasteiger partial charge in [-0.25, -0.2) is 0 Å². The average Bonchev–Trinajstić information content (AvgIpc) is 2.30. The molecule has 1 rings (SSSR count). The first-order valence-corrected chi connectivity index (χ1v) is 6.07. The number of amides is 1. The van der Waals surface area contributed by atoms with Crippen molar-refractivity contribution in [3.05, 3.63) is 28.8 Å². The highest BCUT2D eigenvalue weighted by Gasteiger charge is 2.07.